The molecule has 1 aliphatic heterocycles. The molecule has 1 aromatic carbocycles. The van der Waals surface area contributed by atoms with Crippen molar-refractivity contribution in [3.63, 3.8) is 0 Å². The zero-order chi connectivity index (χ0) is 14.5. The lowest BCUT2D eigenvalue weighted by atomic mass is 9.99. The first-order chi connectivity index (χ1) is 9.61. The fourth-order valence-corrected chi connectivity index (χ4v) is 3.08. The van der Waals surface area contributed by atoms with Crippen LogP contribution in [-0.2, 0) is 4.74 Å². The Kier molecular flexibility index (Phi) is 6.12. The van der Waals surface area contributed by atoms with E-state index in [1.54, 1.807) is 0 Å². The molecule has 5 heteroatoms. The molecule has 0 spiro atoms. The molecule has 1 aliphatic rings. The summed E-state index contributed by atoms with van der Waals surface area (Å²) in [6.07, 6.45) is 2.38. The minimum Gasteiger partial charge on any atom is -0.381 e. The normalized spacial score (nSPS) is 21.1. The van der Waals surface area contributed by atoms with Crippen molar-refractivity contribution in [1.29, 1.82) is 0 Å². The number of rotatable bonds is 5. The van der Waals surface area contributed by atoms with E-state index in [1.807, 2.05) is 18.2 Å². The van der Waals surface area contributed by atoms with Gasteiger partial charge in [-0.25, -0.2) is 0 Å². The number of ether oxygens (including phenoxy) is 1. The van der Waals surface area contributed by atoms with Gasteiger partial charge >= 0.3 is 0 Å². The molecule has 1 saturated heterocycles. The first kappa shape index (κ1) is 16.1. The van der Waals surface area contributed by atoms with Crippen LogP contribution in [0.4, 0.5) is 0 Å². The van der Waals surface area contributed by atoms with Crippen molar-refractivity contribution < 1.29 is 4.74 Å². The van der Waals surface area contributed by atoms with E-state index >= 15 is 0 Å². The summed E-state index contributed by atoms with van der Waals surface area (Å²) in [5.41, 5.74) is 7.06. The number of benzene rings is 1. The Bertz CT molecular complexity index is 436. The molecule has 0 aromatic heterocycles. The highest BCUT2D eigenvalue weighted by molar-refractivity contribution is 6.42. The van der Waals surface area contributed by atoms with Crippen molar-refractivity contribution >= 4 is 23.2 Å². The van der Waals surface area contributed by atoms with Crippen molar-refractivity contribution in [2.75, 3.05) is 33.4 Å². The Morgan fingerprint density at radius 2 is 2.20 bits per heavy atom. The van der Waals surface area contributed by atoms with E-state index in [0.29, 0.717) is 22.5 Å². The summed E-state index contributed by atoms with van der Waals surface area (Å²) in [5, 5.41) is 1.16. The second kappa shape index (κ2) is 7.62. The molecule has 3 nitrogen and oxygen atoms in total. The van der Waals surface area contributed by atoms with Crippen molar-refractivity contribution in [2.24, 2.45) is 11.7 Å². The van der Waals surface area contributed by atoms with E-state index in [2.05, 4.69) is 11.9 Å². The van der Waals surface area contributed by atoms with Crippen molar-refractivity contribution in [2.45, 2.75) is 18.9 Å². The quantitative estimate of drug-likeness (QED) is 0.905. The van der Waals surface area contributed by atoms with Crippen LogP contribution in [0.15, 0.2) is 18.2 Å². The Morgan fingerprint density at radius 1 is 1.40 bits per heavy atom. The topological polar surface area (TPSA) is 38.5 Å². The fourth-order valence-electron chi connectivity index (χ4n) is 2.78. The predicted octanol–water partition coefficient (Wildman–Crippen LogP) is 3.35. The maximum absolute atomic E-state index is 6.10. The minimum atomic E-state index is 0.159. The maximum atomic E-state index is 6.10. The van der Waals surface area contributed by atoms with Crippen LogP contribution in [0, 0.1) is 5.92 Å². The number of nitrogens with zero attached hydrogens (tertiary/aromatic N) is 1. The van der Waals surface area contributed by atoms with Crippen LogP contribution in [0.2, 0.25) is 10.0 Å². The van der Waals surface area contributed by atoms with Crippen LogP contribution in [0.25, 0.3) is 0 Å². The lowest BCUT2D eigenvalue weighted by molar-refractivity contribution is 0.0365. The third-order valence-corrected chi connectivity index (χ3v) is 4.62. The van der Waals surface area contributed by atoms with E-state index in [0.717, 1.165) is 31.7 Å². The van der Waals surface area contributed by atoms with Gasteiger partial charge in [0.05, 0.1) is 16.7 Å². The average Bonchev–Trinajstić information content (AvgIpc) is 2.44. The number of halogens is 2. The number of hydrogen-bond donors (Lipinski definition) is 1. The minimum absolute atomic E-state index is 0.159. The van der Waals surface area contributed by atoms with Crippen LogP contribution >= 0.6 is 23.2 Å². The molecule has 0 saturated carbocycles. The number of likely N-dealkylation sites (N-methyl/N-ethyl adjacent to an activating group) is 1. The molecule has 2 atom stereocenters. The number of nitrogens with two attached hydrogens (primary N) is 1. The Morgan fingerprint density at radius 3 is 2.80 bits per heavy atom. The average molecular weight is 317 g/mol. The van der Waals surface area contributed by atoms with Gasteiger partial charge < -0.3 is 10.5 Å². The molecule has 20 heavy (non-hydrogen) atoms. The van der Waals surface area contributed by atoms with Gasteiger partial charge in [0.15, 0.2) is 0 Å². The van der Waals surface area contributed by atoms with Gasteiger partial charge in [-0.15, -0.1) is 0 Å². The highest BCUT2D eigenvalue weighted by Crippen LogP contribution is 2.28. The van der Waals surface area contributed by atoms with Gasteiger partial charge in [0.25, 0.3) is 0 Å². The van der Waals surface area contributed by atoms with E-state index in [9.17, 15) is 0 Å². The summed E-state index contributed by atoms with van der Waals surface area (Å²) in [5.74, 6) is 0.588. The Balaban J connectivity index is 2.03. The van der Waals surface area contributed by atoms with Gasteiger partial charge in [-0.2, -0.15) is 0 Å². The molecule has 1 aromatic rings. The molecule has 1 heterocycles. The summed E-state index contributed by atoms with van der Waals surface area (Å²) in [6, 6.07) is 5.90. The Labute approximate surface area is 131 Å². The zero-order valence-corrected chi connectivity index (χ0v) is 13.3. The fraction of sp³-hybridized carbons (Fsp3) is 0.600. The summed E-state index contributed by atoms with van der Waals surface area (Å²) < 4.78 is 5.54. The third kappa shape index (κ3) is 4.09. The van der Waals surface area contributed by atoms with Crippen LogP contribution in [0.5, 0.6) is 0 Å². The molecule has 0 radical (unpaired) electrons. The zero-order valence-electron chi connectivity index (χ0n) is 11.8. The van der Waals surface area contributed by atoms with Crippen LogP contribution in [-0.4, -0.2) is 38.3 Å². The standard InChI is InChI=1S/C15H22Cl2N2O/c1-19(9-11-3-2-6-20-10-11)15(8-18)12-4-5-13(16)14(17)7-12/h4-5,7,11,15H,2-3,6,8-10,18H2,1H3. The summed E-state index contributed by atoms with van der Waals surface area (Å²) in [7, 11) is 2.11. The van der Waals surface area contributed by atoms with E-state index < -0.39 is 0 Å². The van der Waals surface area contributed by atoms with Gasteiger partial charge in [-0.3, -0.25) is 4.90 Å². The van der Waals surface area contributed by atoms with Gasteiger partial charge in [-0.1, -0.05) is 29.3 Å². The van der Waals surface area contributed by atoms with Gasteiger partial charge in [0.1, 0.15) is 0 Å². The predicted molar refractivity (Wildman–Crippen MR) is 84.4 cm³/mol. The molecule has 2 rings (SSSR count). The molecule has 2 N–H and O–H groups in total. The molecular weight excluding hydrogens is 295 g/mol. The molecule has 2 unspecified atom stereocenters. The second-order valence-corrected chi connectivity index (χ2v) is 6.26. The lowest BCUT2D eigenvalue weighted by Crippen LogP contribution is -2.36. The van der Waals surface area contributed by atoms with E-state index in [1.165, 1.54) is 6.42 Å². The first-order valence-electron chi connectivity index (χ1n) is 7.04. The second-order valence-electron chi connectivity index (χ2n) is 5.45. The van der Waals surface area contributed by atoms with E-state index in [-0.39, 0.29) is 6.04 Å². The Hall–Kier alpha value is -0.320. The van der Waals surface area contributed by atoms with Gasteiger partial charge in [-0.05, 0) is 43.5 Å². The maximum Gasteiger partial charge on any atom is 0.0595 e. The van der Waals surface area contributed by atoms with Gasteiger partial charge in [0.2, 0.25) is 0 Å². The molecule has 1 fully saturated rings. The summed E-state index contributed by atoms with van der Waals surface area (Å²) in [6.45, 7) is 3.29. The SMILES string of the molecule is CN(CC1CCCOC1)C(CN)c1ccc(Cl)c(Cl)c1. The molecular formula is C15H22Cl2N2O. The van der Waals surface area contributed by atoms with Crippen molar-refractivity contribution in [3.8, 4) is 0 Å². The summed E-state index contributed by atoms with van der Waals surface area (Å²) in [4.78, 5) is 2.29. The monoisotopic (exact) mass is 316 g/mol. The molecule has 0 aliphatic carbocycles. The molecule has 0 bridgehead atoms. The van der Waals surface area contributed by atoms with E-state index in [4.69, 9.17) is 33.7 Å². The van der Waals surface area contributed by atoms with Crippen LogP contribution in [0.3, 0.4) is 0 Å². The smallest absolute Gasteiger partial charge is 0.0595 e. The number of hydrogen-bond acceptors (Lipinski definition) is 3. The highest BCUT2D eigenvalue weighted by Gasteiger charge is 2.21. The summed E-state index contributed by atoms with van der Waals surface area (Å²) >= 11 is 12.1. The van der Waals surface area contributed by atoms with Crippen molar-refractivity contribution in [1.82, 2.24) is 4.90 Å². The van der Waals surface area contributed by atoms with Gasteiger partial charge in [0, 0.05) is 25.7 Å². The largest absolute Gasteiger partial charge is 0.381 e. The van der Waals surface area contributed by atoms with Crippen LogP contribution in [0.1, 0.15) is 24.4 Å². The molecule has 112 valence electrons. The lowest BCUT2D eigenvalue weighted by Gasteiger charge is -2.32. The first-order valence-corrected chi connectivity index (χ1v) is 7.80. The third-order valence-electron chi connectivity index (χ3n) is 3.88. The molecule has 0 amide bonds. The van der Waals surface area contributed by atoms with Crippen molar-refractivity contribution in [3.05, 3.63) is 33.8 Å². The van der Waals surface area contributed by atoms with Crippen LogP contribution < -0.4 is 5.73 Å². The highest BCUT2D eigenvalue weighted by atomic mass is 35.5.